The van der Waals surface area contributed by atoms with Gasteiger partial charge in [-0.2, -0.15) is 5.10 Å². The summed E-state index contributed by atoms with van der Waals surface area (Å²) >= 11 is 5.88. The van der Waals surface area contributed by atoms with E-state index in [9.17, 15) is 9.18 Å². The number of nitrogens with one attached hydrogen (secondary N) is 3. The molecular weight excluding hydrogens is 369 g/mol. The number of nitrogens with zero attached hydrogens (tertiary/aromatic N) is 2. The molecule has 6 nitrogen and oxygen atoms in total. The Morgan fingerprint density at radius 3 is 2.56 bits per heavy atom. The van der Waals surface area contributed by atoms with Gasteiger partial charge >= 0.3 is 0 Å². The van der Waals surface area contributed by atoms with Crippen LogP contribution in [0.4, 0.5) is 10.1 Å². The van der Waals surface area contributed by atoms with Crippen molar-refractivity contribution in [1.82, 2.24) is 20.6 Å². The fourth-order valence-electron chi connectivity index (χ4n) is 3.01. The molecule has 1 amide bonds. The zero-order valence-electron chi connectivity index (χ0n) is 14.2. The second kappa shape index (κ2) is 7.48. The van der Waals surface area contributed by atoms with Gasteiger partial charge in [0.25, 0.3) is 0 Å². The number of aromatic nitrogens is 2. The quantitative estimate of drug-likeness (QED) is 0.645. The summed E-state index contributed by atoms with van der Waals surface area (Å²) in [4.78, 5) is 12.5. The van der Waals surface area contributed by atoms with Crippen molar-refractivity contribution in [3.8, 4) is 5.69 Å². The number of hydrogen-bond donors (Lipinski definition) is 3. The highest BCUT2D eigenvalue weighted by Crippen LogP contribution is 2.23. The molecule has 0 spiro atoms. The lowest BCUT2D eigenvalue weighted by molar-refractivity contribution is -0.117. The molecule has 1 saturated heterocycles. The number of rotatable bonds is 4. The normalized spacial score (nSPS) is 19.2. The maximum atomic E-state index is 13.0. The highest BCUT2D eigenvalue weighted by atomic mass is 35.5. The molecule has 1 aliphatic heterocycles. The number of amides is 1. The second-order valence-corrected chi connectivity index (χ2v) is 6.76. The van der Waals surface area contributed by atoms with E-state index in [-0.39, 0.29) is 23.8 Å². The molecule has 2 unspecified atom stereocenters. The molecule has 2 aromatic carbocycles. The maximum Gasteiger partial charge on any atom is 0.242 e. The standard InChI is InChI=1S/C19H17ClFN5O/c20-13-10-22-26(11-13)16-7-5-15(6-8-16)23-19(27)18-9-17(24-25-18)12-1-3-14(21)4-2-12/h1-8,10-11,17-18,24-25H,9H2,(H,23,27). The molecule has 8 heteroatoms. The average Bonchev–Trinajstić information content (AvgIpc) is 3.32. The Hall–Kier alpha value is -2.74. The lowest BCUT2D eigenvalue weighted by Gasteiger charge is -2.11. The van der Waals surface area contributed by atoms with Gasteiger partial charge in [-0.1, -0.05) is 23.7 Å². The topological polar surface area (TPSA) is 71.0 Å². The molecule has 4 rings (SSSR count). The Balaban J connectivity index is 1.37. The third-order valence-corrected chi connectivity index (χ3v) is 4.64. The fourth-order valence-corrected chi connectivity index (χ4v) is 3.15. The van der Waals surface area contributed by atoms with Gasteiger partial charge < -0.3 is 5.32 Å². The van der Waals surface area contributed by atoms with E-state index in [1.54, 1.807) is 29.2 Å². The molecule has 1 fully saturated rings. The van der Waals surface area contributed by atoms with Crippen molar-refractivity contribution >= 4 is 23.2 Å². The lowest BCUT2D eigenvalue weighted by atomic mass is 10.0. The Morgan fingerprint density at radius 2 is 1.89 bits per heavy atom. The highest BCUT2D eigenvalue weighted by molar-refractivity contribution is 6.30. The van der Waals surface area contributed by atoms with E-state index in [2.05, 4.69) is 21.3 Å². The van der Waals surface area contributed by atoms with Crippen molar-refractivity contribution < 1.29 is 9.18 Å². The van der Waals surface area contributed by atoms with Crippen molar-refractivity contribution in [2.45, 2.75) is 18.5 Å². The van der Waals surface area contributed by atoms with Crippen LogP contribution in [-0.4, -0.2) is 21.7 Å². The first-order valence-electron chi connectivity index (χ1n) is 8.46. The van der Waals surface area contributed by atoms with E-state index in [0.717, 1.165) is 11.3 Å². The van der Waals surface area contributed by atoms with Crippen LogP contribution in [0.25, 0.3) is 5.69 Å². The average molecular weight is 386 g/mol. The molecule has 1 aromatic heterocycles. The van der Waals surface area contributed by atoms with E-state index in [0.29, 0.717) is 17.1 Å². The number of carbonyl (C=O) groups is 1. The monoisotopic (exact) mass is 385 g/mol. The number of halogens is 2. The summed E-state index contributed by atoms with van der Waals surface area (Å²) < 4.78 is 14.7. The molecule has 27 heavy (non-hydrogen) atoms. The predicted molar refractivity (Wildman–Crippen MR) is 101 cm³/mol. The number of anilines is 1. The molecule has 3 N–H and O–H groups in total. The number of hydrazine groups is 1. The first-order chi connectivity index (χ1) is 13.1. The van der Waals surface area contributed by atoms with Crippen LogP contribution < -0.4 is 16.2 Å². The van der Waals surface area contributed by atoms with Crippen LogP contribution in [0.2, 0.25) is 5.02 Å². The van der Waals surface area contributed by atoms with Crippen LogP contribution in [0.3, 0.4) is 0 Å². The molecule has 1 aliphatic rings. The molecule has 3 aromatic rings. The molecule has 138 valence electrons. The Morgan fingerprint density at radius 1 is 1.15 bits per heavy atom. The van der Waals surface area contributed by atoms with E-state index < -0.39 is 0 Å². The van der Waals surface area contributed by atoms with Gasteiger partial charge in [0.15, 0.2) is 0 Å². The Bertz CT molecular complexity index is 941. The largest absolute Gasteiger partial charge is 0.325 e. The van der Waals surface area contributed by atoms with Gasteiger partial charge in [0.05, 0.1) is 16.9 Å². The minimum absolute atomic E-state index is 0.0479. The third kappa shape index (κ3) is 4.00. The van der Waals surface area contributed by atoms with Crippen LogP contribution in [0.1, 0.15) is 18.0 Å². The van der Waals surface area contributed by atoms with Gasteiger partial charge in [0, 0.05) is 17.9 Å². The zero-order chi connectivity index (χ0) is 18.8. The van der Waals surface area contributed by atoms with Gasteiger partial charge in [0.2, 0.25) is 5.91 Å². The van der Waals surface area contributed by atoms with E-state index in [1.165, 1.54) is 12.1 Å². The summed E-state index contributed by atoms with van der Waals surface area (Å²) in [7, 11) is 0. The smallest absolute Gasteiger partial charge is 0.242 e. The molecule has 0 aliphatic carbocycles. The van der Waals surface area contributed by atoms with Crippen molar-refractivity contribution in [3.63, 3.8) is 0 Å². The van der Waals surface area contributed by atoms with E-state index >= 15 is 0 Å². The minimum atomic E-state index is -0.385. The number of hydrogen-bond acceptors (Lipinski definition) is 4. The third-order valence-electron chi connectivity index (χ3n) is 4.44. The summed E-state index contributed by atoms with van der Waals surface area (Å²) in [6.45, 7) is 0. The number of carbonyl (C=O) groups excluding carboxylic acids is 1. The highest BCUT2D eigenvalue weighted by Gasteiger charge is 2.30. The van der Waals surface area contributed by atoms with Gasteiger partial charge in [-0.25, -0.2) is 19.9 Å². The molecule has 0 bridgehead atoms. The maximum absolute atomic E-state index is 13.0. The predicted octanol–water partition coefficient (Wildman–Crippen LogP) is 3.21. The molecule has 0 radical (unpaired) electrons. The van der Waals surface area contributed by atoms with Crippen LogP contribution in [0, 0.1) is 5.82 Å². The Labute approximate surface area is 160 Å². The van der Waals surface area contributed by atoms with Crippen molar-refractivity contribution in [3.05, 3.63) is 77.3 Å². The van der Waals surface area contributed by atoms with Crippen LogP contribution in [0.15, 0.2) is 60.9 Å². The minimum Gasteiger partial charge on any atom is -0.325 e. The van der Waals surface area contributed by atoms with Crippen molar-refractivity contribution in [2.75, 3.05) is 5.32 Å². The molecule has 0 saturated carbocycles. The summed E-state index contributed by atoms with van der Waals surface area (Å²) in [5, 5.41) is 7.59. The van der Waals surface area contributed by atoms with Crippen LogP contribution in [0.5, 0.6) is 0 Å². The summed E-state index contributed by atoms with van der Waals surface area (Å²) in [5.74, 6) is -0.415. The van der Waals surface area contributed by atoms with Crippen LogP contribution in [-0.2, 0) is 4.79 Å². The number of benzene rings is 2. The molecule has 2 atom stereocenters. The van der Waals surface area contributed by atoms with E-state index in [4.69, 9.17) is 11.6 Å². The fraction of sp³-hybridized carbons (Fsp3) is 0.158. The zero-order valence-corrected chi connectivity index (χ0v) is 14.9. The van der Waals surface area contributed by atoms with Crippen molar-refractivity contribution in [1.29, 1.82) is 0 Å². The summed E-state index contributed by atoms with van der Waals surface area (Å²) in [6.07, 6.45) is 3.84. The first kappa shape index (κ1) is 17.7. The summed E-state index contributed by atoms with van der Waals surface area (Å²) in [5.41, 5.74) is 8.55. The van der Waals surface area contributed by atoms with Gasteiger partial charge in [-0.15, -0.1) is 0 Å². The Kier molecular flexibility index (Phi) is 4.89. The lowest BCUT2D eigenvalue weighted by Crippen LogP contribution is -2.39. The van der Waals surface area contributed by atoms with Gasteiger partial charge in [-0.3, -0.25) is 4.79 Å². The molecular formula is C19H17ClFN5O. The first-order valence-corrected chi connectivity index (χ1v) is 8.84. The van der Waals surface area contributed by atoms with Gasteiger partial charge in [0.1, 0.15) is 11.9 Å². The molecule has 2 heterocycles. The van der Waals surface area contributed by atoms with E-state index in [1.807, 2.05) is 24.3 Å². The van der Waals surface area contributed by atoms with Crippen LogP contribution >= 0.6 is 11.6 Å². The van der Waals surface area contributed by atoms with Gasteiger partial charge in [-0.05, 0) is 48.4 Å². The SMILES string of the molecule is O=C(Nc1ccc(-n2cc(Cl)cn2)cc1)C1CC(c2ccc(F)cc2)NN1. The summed E-state index contributed by atoms with van der Waals surface area (Å²) in [6, 6.07) is 13.1. The van der Waals surface area contributed by atoms with Crippen molar-refractivity contribution in [2.24, 2.45) is 0 Å². The second-order valence-electron chi connectivity index (χ2n) is 6.32.